The minimum absolute atomic E-state index is 0.174. The van der Waals surface area contributed by atoms with Gasteiger partial charge in [-0.3, -0.25) is 4.79 Å². The summed E-state index contributed by atoms with van der Waals surface area (Å²) in [6, 6.07) is 2.00. The SMILES string of the molecule is COC(=O)Cc1cc(C)cs1. The maximum atomic E-state index is 10.8. The Hall–Kier alpha value is -0.830. The third kappa shape index (κ3) is 2.35. The van der Waals surface area contributed by atoms with Crippen LogP contribution in [0.25, 0.3) is 0 Å². The number of hydrogen-bond donors (Lipinski definition) is 0. The molecule has 0 aliphatic rings. The van der Waals surface area contributed by atoms with Gasteiger partial charge in [0.05, 0.1) is 13.5 Å². The van der Waals surface area contributed by atoms with Crippen molar-refractivity contribution in [1.29, 1.82) is 0 Å². The summed E-state index contributed by atoms with van der Waals surface area (Å²) in [7, 11) is 1.41. The number of rotatable bonds is 2. The van der Waals surface area contributed by atoms with Crippen molar-refractivity contribution >= 4 is 17.3 Å². The standard InChI is InChI=1S/C8H10O2S/c1-6-3-7(11-5-6)4-8(9)10-2/h3,5H,4H2,1-2H3. The van der Waals surface area contributed by atoms with Crippen LogP contribution in [0.3, 0.4) is 0 Å². The first-order valence-corrected chi connectivity index (χ1v) is 4.21. The zero-order chi connectivity index (χ0) is 8.27. The van der Waals surface area contributed by atoms with Crippen LogP contribution >= 0.6 is 11.3 Å². The van der Waals surface area contributed by atoms with Gasteiger partial charge in [0.1, 0.15) is 0 Å². The van der Waals surface area contributed by atoms with E-state index in [0.29, 0.717) is 6.42 Å². The highest BCUT2D eigenvalue weighted by Gasteiger charge is 2.03. The van der Waals surface area contributed by atoms with Gasteiger partial charge >= 0.3 is 5.97 Å². The molecule has 0 fully saturated rings. The average molecular weight is 170 g/mol. The molecule has 0 aliphatic carbocycles. The highest BCUT2D eigenvalue weighted by atomic mass is 32.1. The first-order chi connectivity index (χ1) is 5.22. The quantitative estimate of drug-likeness (QED) is 0.632. The summed E-state index contributed by atoms with van der Waals surface area (Å²) < 4.78 is 4.53. The smallest absolute Gasteiger partial charge is 0.310 e. The normalized spacial score (nSPS) is 9.64. The Balaban J connectivity index is 2.57. The summed E-state index contributed by atoms with van der Waals surface area (Å²) in [6.07, 6.45) is 0.398. The lowest BCUT2D eigenvalue weighted by Gasteiger charge is -1.93. The van der Waals surface area contributed by atoms with E-state index < -0.39 is 0 Å². The monoisotopic (exact) mass is 170 g/mol. The summed E-state index contributed by atoms with van der Waals surface area (Å²) >= 11 is 1.59. The second-order valence-electron chi connectivity index (χ2n) is 2.34. The Morgan fingerprint density at radius 2 is 2.45 bits per heavy atom. The van der Waals surface area contributed by atoms with Gasteiger partial charge in [-0.25, -0.2) is 0 Å². The molecule has 1 rings (SSSR count). The fraction of sp³-hybridized carbons (Fsp3) is 0.375. The molecule has 0 N–H and O–H groups in total. The number of carbonyl (C=O) groups excluding carboxylic acids is 1. The Morgan fingerprint density at radius 1 is 1.73 bits per heavy atom. The van der Waals surface area contributed by atoms with Gasteiger partial charge in [-0.1, -0.05) is 0 Å². The van der Waals surface area contributed by atoms with Crippen LogP contribution in [0.4, 0.5) is 0 Å². The average Bonchev–Trinajstić information content (AvgIpc) is 2.35. The number of methoxy groups -OCH3 is 1. The van der Waals surface area contributed by atoms with E-state index in [2.05, 4.69) is 4.74 Å². The van der Waals surface area contributed by atoms with Gasteiger partial charge in [0.2, 0.25) is 0 Å². The van der Waals surface area contributed by atoms with Crippen molar-refractivity contribution in [3.8, 4) is 0 Å². The fourth-order valence-electron chi connectivity index (χ4n) is 0.798. The van der Waals surface area contributed by atoms with Crippen molar-refractivity contribution in [3.63, 3.8) is 0 Å². The van der Waals surface area contributed by atoms with Crippen LogP contribution in [0.2, 0.25) is 0 Å². The molecule has 0 unspecified atom stereocenters. The van der Waals surface area contributed by atoms with Crippen LogP contribution in [-0.2, 0) is 16.0 Å². The lowest BCUT2D eigenvalue weighted by Crippen LogP contribution is -2.02. The molecule has 2 nitrogen and oxygen atoms in total. The van der Waals surface area contributed by atoms with Crippen LogP contribution in [0.5, 0.6) is 0 Å². The third-order valence-electron chi connectivity index (χ3n) is 1.33. The molecule has 0 spiro atoms. The molecule has 0 radical (unpaired) electrons. The first-order valence-electron chi connectivity index (χ1n) is 3.33. The molecular formula is C8H10O2S. The van der Waals surface area contributed by atoms with Crippen molar-refractivity contribution in [2.45, 2.75) is 13.3 Å². The van der Waals surface area contributed by atoms with E-state index in [1.54, 1.807) is 11.3 Å². The molecule has 1 aromatic rings. The molecule has 1 heterocycles. The van der Waals surface area contributed by atoms with Gasteiger partial charge in [0.15, 0.2) is 0 Å². The molecule has 0 saturated carbocycles. The second-order valence-corrected chi connectivity index (χ2v) is 3.34. The number of aryl methyl sites for hydroxylation is 1. The lowest BCUT2D eigenvalue weighted by atomic mass is 10.3. The maximum Gasteiger partial charge on any atom is 0.310 e. The third-order valence-corrected chi connectivity index (χ3v) is 2.39. The van der Waals surface area contributed by atoms with Gasteiger partial charge in [-0.2, -0.15) is 0 Å². The molecule has 0 amide bonds. The van der Waals surface area contributed by atoms with Gasteiger partial charge < -0.3 is 4.74 Å². The largest absolute Gasteiger partial charge is 0.469 e. The molecular weight excluding hydrogens is 160 g/mol. The fourth-order valence-corrected chi connectivity index (χ4v) is 1.66. The molecule has 60 valence electrons. The molecule has 0 aliphatic heterocycles. The van der Waals surface area contributed by atoms with Crippen LogP contribution < -0.4 is 0 Å². The number of hydrogen-bond acceptors (Lipinski definition) is 3. The molecule has 0 aromatic carbocycles. The van der Waals surface area contributed by atoms with Gasteiger partial charge in [-0.15, -0.1) is 11.3 Å². The van der Waals surface area contributed by atoms with Crippen molar-refractivity contribution in [2.75, 3.05) is 7.11 Å². The summed E-state index contributed by atoms with van der Waals surface area (Å²) in [4.78, 5) is 11.8. The molecule has 3 heteroatoms. The van der Waals surface area contributed by atoms with E-state index in [0.717, 1.165) is 4.88 Å². The summed E-state index contributed by atoms with van der Waals surface area (Å²) in [5, 5.41) is 2.03. The van der Waals surface area contributed by atoms with Crippen LogP contribution in [0.1, 0.15) is 10.4 Å². The molecule has 1 aromatic heterocycles. The molecule has 0 bridgehead atoms. The number of ether oxygens (including phenoxy) is 1. The molecule has 0 saturated heterocycles. The minimum atomic E-state index is -0.174. The number of carbonyl (C=O) groups is 1. The molecule has 11 heavy (non-hydrogen) atoms. The predicted octanol–water partition coefficient (Wildman–Crippen LogP) is 1.77. The second kappa shape index (κ2) is 3.53. The van der Waals surface area contributed by atoms with Gasteiger partial charge in [0.25, 0.3) is 0 Å². The Kier molecular flexibility index (Phi) is 2.65. The van der Waals surface area contributed by atoms with Gasteiger partial charge in [0, 0.05) is 4.88 Å². The zero-order valence-electron chi connectivity index (χ0n) is 6.59. The maximum absolute atomic E-state index is 10.8. The van der Waals surface area contributed by atoms with E-state index >= 15 is 0 Å². The predicted molar refractivity (Wildman–Crippen MR) is 44.8 cm³/mol. The molecule has 0 atom stereocenters. The highest BCUT2D eigenvalue weighted by molar-refractivity contribution is 7.10. The first kappa shape index (κ1) is 8.27. The van der Waals surface area contributed by atoms with Crippen molar-refractivity contribution < 1.29 is 9.53 Å². The van der Waals surface area contributed by atoms with Crippen LogP contribution in [0, 0.1) is 6.92 Å². The Bertz CT molecular complexity index is 252. The summed E-state index contributed by atoms with van der Waals surface area (Å²) in [6.45, 7) is 2.01. The van der Waals surface area contributed by atoms with Gasteiger partial charge in [-0.05, 0) is 23.9 Å². The Morgan fingerprint density at radius 3 is 2.91 bits per heavy atom. The van der Waals surface area contributed by atoms with E-state index in [9.17, 15) is 4.79 Å². The van der Waals surface area contributed by atoms with E-state index in [1.165, 1.54) is 12.7 Å². The summed E-state index contributed by atoms with van der Waals surface area (Å²) in [5.74, 6) is -0.174. The number of esters is 1. The summed E-state index contributed by atoms with van der Waals surface area (Å²) in [5.41, 5.74) is 1.20. The lowest BCUT2D eigenvalue weighted by molar-refractivity contribution is -0.139. The minimum Gasteiger partial charge on any atom is -0.469 e. The zero-order valence-corrected chi connectivity index (χ0v) is 7.40. The highest BCUT2D eigenvalue weighted by Crippen LogP contribution is 2.14. The topological polar surface area (TPSA) is 26.3 Å². The van der Waals surface area contributed by atoms with E-state index in [1.807, 2.05) is 18.4 Å². The van der Waals surface area contributed by atoms with Crippen molar-refractivity contribution in [3.05, 3.63) is 21.9 Å². The van der Waals surface area contributed by atoms with Crippen LogP contribution in [0.15, 0.2) is 11.4 Å². The van der Waals surface area contributed by atoms with E-state index in [-0.39, 0.29) is 5.97 Å². The van der Waals surface area contributed by atoms with Crippen molar-refractivity contribution in [2.24, 2.45) is 0 Å². The Labute approximate surface area is 69.8 Å². The van der Waals surface area contributed by atoms with Crippen molar-refractivity contribution in [1.82, 2.24) is 0 Å². The number of thiophene rings is 1. The van der Waals surface area contributed by atoms with E-state index in [4.69, 9.17) is 0 Å². The van der Waals surface area contributed by atoms with Crippen LogP contribution in [-0.4, -0.2) is 13.1 Å².